The Balaban J connectivity index is 1.53. The molecule has 1 heterocycles. The Labute approximate surface area is 133 Å². The van der Waals surface area contributed by atoms with Crippen molar-refractivity contribution in [1.29, 1.82) is 0 Å². The number of nitrogens with zero attached hydrogens (tertiary/aromatic N) is 2. The number of rotatable bonds is 8. The summed E-state index contributed by atoms with van der Waals surface area (Å²) in [6, 6.07) is 10.3. The molecular formula is C15H18ClN3OS. The third-order valence-corrected chi connectivity index (χ3v) is 4.08. The fraction of sp³-hybridized carbons (Fsp3) is 0.333. The minimum atomic E-state index is 0.0776. The Hall–Kier alpha value is -1.46. The van der Waals surface area contributed by atoms with Crippen LogP contribution in [0.5, 0.6) is 0 Å². The van der Waals surface area contributed by atoms with E-state index in [2.05, 4.69) is 22.5 Å². The minimum absolute atomic E-state index is 0.0776. The number of carbonyl (C=O) groups excluding carboxylic acids is 1. The summed E-state index contributed by atoms with van der Waals surface area (Å²) in [5, 5.41) is 7.54. The highest BCUT2D eigenvalue weighted by Crippen LogP contribution is 2.12. The normalized spacial score (nSPS) is 10.5. The third-order valence-electron chi connectivity index (χ3n) is 2.85. The summed E-state index contributed by atoms with van der Waals surface area (Å²) in [7, 11) is 0. The number of thioether (sulfide) groups is 1. The van der Waals surface area contributed by atoms with Crippen molar-refractivity contribution in [2.24, 2.45) is 0 Å². The number of nitrogens with one attached hydrogen (secondary N) is 1. The lowest BCUT2D eigenvalue weighted by atomic mass is 10.2. The highest BCUT2D eigenvalue weighted by Gasteiger charge is 2.02. The van der Waals surface area contributed by atoms with Gasteiger partial charge in [-0.15, -0.1) is 0 Å². The maximum atomic E-state index is 11.7. The maximum Gasteiger partial charge on any atom is 0.220 e. The van der Waals surface area contributed by atoms with Crippen molar-refractivity contribution >= 4 is 29.3 Å². The van der Waals surface area contributed by atoms with Crippen LogP contribution in [0.15, 0.2) is 42.7 Å². The largest absolute Gasteiger partial charge is 0.354 e. The Kier molecular flexibility index (Phi) is 6.63. The van der Waals surface area contributed by atoms with Gasteiger partial charge in [0.15, 0.2) is 0 Å². The van der Waals surface area contributed by atoms with E-state index < -0.39 is 0 Å². The van der Waals surface area contributed by atoms with E-state index in [1.165, 1.54) is 5.56 Å². The molecule has 0 aliphatic heterocycles. The maximum absolute atomic E-state index is 11.7. The van der Waals surface area contributed by atoms with Crippen molar-refractivity contribution in [3.63, 3.8) is 0 Å². The monoisotopic (exact) mass is 323 g/mol. The predicted octanol–water partition coefficient (Wildman–Crippen LogP) is 2.98. The summed E-state index contributed by atoms with van der Waals surface area (Å²) >= 11 is 7.54. The summed E-state index contributed by atoms with van der Waals surface area (Å²) in [5.74, 6) is 1.85. The molecule has 2 rings (SSSR count). The highest BCUT2D eigenvalue weighted by molar-refractivity contribution is 7.98. The molecule has 0 saturated heterocycles. The summed E-state index contributed by atoms with van der Waals surface area (Å²) in [6.45, 7) is 1.20. The van der Waals surface area contributed by atoms with Gasteiger partial charge in [0.1, 0.15) is 0 Å². The molecule has 0 aliphatic rings. The standard InChI is InChI=1S/C15H18ClN3OS/c16-14-10-18-19(11-14)8-7-17-15(20)6-9-21-12-13-4-2-1-3-5-13/h1-5,10-11H,6-9,12H2,(H,17,20). The lowest BCUT2D eigenvalue weighted by molar-refractivity contribution is -0.120. The molecule has 0 atom stereocenters. The van der Waals surface area contributed by atoms with Crippen LogP contribution in [0.3, 0.4) is 0 Å². The summed E-state index contributed by atoms with van der Waals surface area (Å²) < 4.78 is 1.72. The molecule has 6 heteroatoms. The van der Waals surface area contributed by atoms with E-state index >= 15 is 0 Å². The third kappa shape index (κ3) is 6.23. The van der Waals surface area contributed by atoms with Crippen molar-refractivity contribution < 1.29 is 4.79 Å². The van der Waals surface area contributed by atoms with Crippen LogP contribution < -0.4 is 5.32 Å². The molecule has 1 aromatic carbocycles. The van der Waals surface area contributed by atoms with E-state index in [9.17, 15) is 4.79 Å². The first kappa shape index (κ1) is 15.9. The molecule has 0 spiro atoms. The quantitative estimate of drug-likeness (QED) is 0.760. The van der Waals surface area contributed by atoms with Crippen LogP contribution in [0.1, 0.15) is 12.0 Å². The van der Waals surface area contributed by atoms with E-state index in [4.69, 9.17) is 11.6 Å². The fourth-order valence-corrected chi connectivity index (χ4v) is 2.85. The van der Waals surface area contributed by atoms with Crippen molar-refractivity contribution in [2.75, 3.05) is 12.3 Å². The van der Waals surface area contributed by atoms with E-state index in [0.29, 0.717) is 24.5 Å². The van der Waals surface area contributed by atoms with Gasteiger partial charge in [-0.05, 0) is 5.56 Å². The molecule has 0 radical (unpaired) electrons. The van der Waals surface area contributed by atoms with Crippen molar-refractivity contribution in [2.45, 2.75) is 18.7 Å². The number of amides is 1. The Morgan fingerprint density at radius 1 is 1.33 bits per heavy atom. The lowest BCUT2D eigenvalue weighted by Crippen LogP contribution is -2.27. The van der Waals surface area contributed by atoms with Gasteiger partial charge in [0.2, 0.25) is 5.91 Å². The fourth-order valence-electron chi connectivity index (χ4n) is 1.79. The number of carbonyl (C=O) groups is 1. The first-order valence-electron chi connectivity index (χ1n) is 6.80. The van der Waals surface area contributed by atoms with Gasteiger partial charge < -0.3 is 5.32 Å². The van der Waals surface area contributed by atoms with Crippen molar-refractivity contribution in [3.05, 3.63) is 53.3 Å². The average molecular weight is 324 g/mol. The number of aromatic nitrogens is 2. The van der Waals surface area contributed by atoms with Crippen LogP contribution in [-0.2, 0) is 17.1 Å². The Morgan fingerprint density at radius 3 is 2.86 bits per heavy atom. The minimum Gasteiger partial charge on any atom is -0.354 e. The molecule has 112 valence electrons. The molecule has 0 fully saturated rings. The number of benzene rings is 1. The summed E-state index contributed by atoms with van der Waals surface area (Å²) in [4.78, 5) is 11.7. The smallest absolute Gasteiger partial charge is 0.220 e. The number of halogens is 1. The summed E-state index contributed by atoms with van der Waals surface area (Å²) in [5.41, 5.74) is 1.29. The lowest BCUT2D eigenvalue weighted by Gasteiger charge is -2.05. The Bertz CT molecular complexity index is 559. The van der Waals surface area contributed by atoms with Crippen LogP contribution >= 0.6 is 23.4 Å². The molecule has 21 heavy (non-hydrogen) atoms. The van der Waals surface area contributed by atoms with Gasteiger partial charge >= 0.3 is 0 Å². The van der Waals surface area contributed by atoms with Gasteiger partial charge in [-0.25, -0.2) is 0 Å². The first-order valence-corrected chi connectivity index (χ1v) is 8.33. The van der Waals surface area contributed by atoms with Gasteiger partial charge in [0.25, 0.3) is 0 Å². The van der Waals surface area contributed by atoms with Crippen LogP contribution in [-0.4, -0.2) is 28.0 Å². The van der Waals surface area contributed by atoms with Gasteiger partial charge in [-0.1, -0.05) is 41.9 Å². The van der Waals surface area contributed by atoms with Crippen LogP contribution in [0.4, 0.5) is 0 Å². The molecule has 0 saturated carbocycles. The topological polar surface area (TPSA) is 46.9 Å². The second-order valence-electron chi connectivity index (χ2n) is 4.56. The van der Waals surface area contributed by atoms with Crippen LogP contribution in [0, 0.1) is 0 Å². The second kappa shape index (κ2) is 8.74. The molecule has 0 unspecified atom stereocenters. The second-order valence-corrected chi connectivity index (χ2v) is 6.10. The first-order chi connectivity index (χ1) is 10.2. The molecule has 2 aromatic rings. The van der Waals surface area contributed by atoms with Crippen LogP contribution in [0.2, 0.25) is 5.02 Å². The van der Waals surface area contributed by atoms with E-state index in [0.717, 1.165) is 11.5 Å². The Morgan fingerprint density at radius 2 is 2.14 bits per heavy atom. The van der Waals surface area contributed by atoms with Crippen molar-refractivity contribution in [3.8, 4) is 0 Å². The molecule has 0 bridgehead atoms. The molecular weight excluding hydrogens is 306 g/mol. The zero-order valence-corrected chi connectivity index (χ0v) is 13.2. The highest BCUT2D eigenvalue weighted by atomic mass is 35.5. The van der Waals surface area contributed by atoms with E-state index in [1.807, 2.05) is 18.2 Å². The molecule has 0 aliphatic carbocycles. The van der Waals surface area contributed by atoms with Crippen LogP contribution in [0.25, 0.3) is 0 Å². The van der Waals surface area contributed by atoms with Gasteiger partial charge in [-0.2, -0.15) is 16.9 Å². The van der Waals surface area contributed by atoms with Crippen molar-refractivity contribution in [1.82, 2.24) is 15.1 Å². The zero-order valence-electron chi connectivity index (χ0n) is 11.7. The average Bonchev–Trinajstić information content (AvgIpc) is 2.90. The van der Waals surface area contributed by atoms with E-state index in [-0.39, 0.29) is 5.91 Å². The molecule has 4 nitrogen and oxygen atoms in total. The zero-order chi connectivity index (χ0) is 14.9. The van der Waals surface area contributed by atoms with Gasteiger partial charge in [0.05, 0.1) is 17.8 Å². The van der Waals surface area contributed by atoms with E-state index in [1.54, 1.807) is 28.8 Å². The van der Waals surface area contributed by atoms with Gasteiger partial charge in [0, 0.05) is 30.7 Å². The number of hydrogen-bond donors (Lipinski definition) is 1. The summed E-state index contributed by atoms with van der Waals surface area (Å²) in [6.07, 6.45) is 3.87. The molecule has 1 aromatic heterocycles. The molecule has 1 amide bonds. The molecule has 1 N–H and O–H groups in total. The van der Waals surface area contributed by atoms with Gasteiger partial charge in [-0.3, -0.25) is 9.48 Å². The SMILES string of the molecule is O=C(CCSCc1ccccc1)NCCn1cc(Cl)cn1. The number of hydrogen-bond acceptors (Lipinski definition) is 3. The predicted molar refractivity (Wildman–Crippen MR) is 87.5 cm³/mol.